The van der Waals surface area contributed by atoms with Crippen LogP contribution in [0.1, 0.15) is 17.0 Å². The van der Waals surface area contributed by atoms with Crippen molar-refractivity contribution in [2.75, 3.05) is 32.1 Å². The molecule has 1 aliphatic heterocycles. The molecule has 0 saturated heterocycles. The van der Waals surface area contributed by atoms with Crippen LogP contribution in [0.25, 0.3) is 10.8 Å². The van der Waals surface area contributed by atoms with Gasteiger partial charge in [0, 0.05) is 48.7 Å². The minimum Gasteiger partial charge on any atom is -0.383 e. The molecule has 5 nitrogen and oxygen atoms in total. The summed E-state index contributed by atoms with van der Waals surface area (Å²) in [6.45, 7) is 2.82. The number of aromatic nitrogens is 1. The summed E-state index contributed by atoms with van der Waals surface area (Å²) in [5.74, 6) is -0.359. The molecule has 2 heterocycles. The Morgan fingerprint density at radius 3 is 3.00 bits per heavy atom. The summed E-state index contributed by atoms with van der Waals surface area (Å²) in [6, 6.07) is 13.7. The first-order valence-corrected chi connectivity index (χ1v) is 9.66. The third-order valence-electron chi connectivity index (χ3n) is 5.17. The van der Waals surface area contributed by atoms with Crippen molar-refractivity contribution in [1.82, 2.24) is 9.88 Å². The van der Waals surface area contributed by atoms with Gasteiger partial charge in [0.25, 0.3) is 0 Å². The maximum atomic E-state index is 13.3. The van der Waals surface area contributed by atoms with Crippen molar-refractivity contribution in [2.24, 2.45) is 0 Å². The van der Waals surface area contributed by atoms with Crippen LogP contribution in [0.2, 0.25) is 5.02 Å². The number of nitrogens with one attached hydrogen (secondary N) is 1. The SMILES string of the molecule is COCCN1Cc2ccc(Cl)cc2C(C(=O)Nc2cncc3ccccc23)C1. The topological polar surface area (TPSA) is 54.5 Å². The quantitative estimate of drug-likeness (QED) is 0.707. The van der Waals surface area contributed by atoms with Gasteiger partial charge in [0.05, 0.1) is 24.4 Å². The molecule has 2 aromatic carbocycles. The highest BCUT2D eigenvalue weighted by Gasteiger charge is 2.31. The van der Waals surface area contributed by atoms with Crippen LogP contribution in [0.3, 0.4) is 0 Å². The number of methoxy groups -OCH3 is 1. The second-order valence-electron chi connectivity index (χ2n) is 7.02. The van der Waals surface area contributed by atoms with Gasteiger partial charge in [-0.15, -0.1) is 0 Å². The summed E-state index contributed by atoms with van der Waals surface area (Å²) < 4.78 is 5.22. The zero-order valence-corrected chi connectivity index (χ0v) is 16.4. The van der Waals surface area contributed by atoms with E-state index >= 15 is 0 Å². The number of fused-ring (bicyclic) bond motifs is 2. The van der Waals surface area contributed by atoms with E-state index in [0.717, 1.165) is 40.7 Å². The van der Waals surface area contributed by atoms with E-state index in [1.807, 2.05) is 42.5 Å². The third kappa shape index (κ3) is 3.87. The van der Waals surface area contributed by atoms with Crippen molar-refractivity contribution >= 4 is 34.0 Å². The van der Waals surface area contributed by atoms with Crippen LogP contribution in [0.15, 0.2) is 54.9 Å². The Kier molecular flexibility index (Phi) is 5.57. The summed E-state index contributed by atoms with van der Waals surface area (Å²) in [4.78, 5) is 19.8. The molecule has 0 aliphatic carbocycles. The van der Waals surface area contributed by atoms with Gasteiger partial charge in [-0.25, -0.2) is 0 Å². The standard InChI is InChI=1S/C22H22ClN3O2/c1-28-9-8-26-13-16-6-7-17(23)10-19(16)20(14-26)22(27)25-21-12-24-11-15-4-2-3-5-18(15)21/h2-7,10-12,20H,8-9,13-14H2,1H3,(H,25,27). The summed E-state index contributed by atoms with van der Waals surface area (Å²) in [7, 11) is 1.69. The zero-order chi connectivity index (χ0) is 19.5. The van der Waals surface area contributed by atoms with Crippen LogP contribution in [-0.4, -0.2) is 42.6 Å². The van der Waals surface area contributed by atoms with E-state index in [4.69, 9.17) is 16.3 Å². The third-order valence-corrected chi connectivity index (χ3v) is 5.41. The van der Waals surface area contributed by atoms with Gasteiger partial charge in [-0.1, -0.05) is 41.9 Å². The van der Waals surface area contributed by atoms with E-state index in [1.165, 1.54) is 0 Å². The van der Waals surface area contributed by atoms with Crippen molar-refractivity contribution in [3.63, 3.8) is 0 Å². The molecule has 1 amide bonds. The number of pyridine rings is 1. The summed E-state index contributed by atoms with van der Waals surface area (Å²) in [5, 5.41) is 5.71. The molecule has 1 aliphatic rings. The summed E-state index contributed by atoms with van der Waals surface area (Å²) >= 11 is 6.23. The Morgan fingerprint density at radius 1 is 1.29 bits per heavy atom. The number of hydrogen-bond acceptors (Lipinski definition) is 4. The predicted octanol–water partition coefficient (Wildman–Crippen LogP) is 4.07. The minimum absolute atomic E-state index is 0.0520. The van der Waals surface area contributed by atoms with E-state index < -0.39 is 0 Å². The number of hydrogen-bond donors (Lipinski definition) is 1. The lowest BCUT2D eigenvalue weighted by atomic mass is 9.89. The fourth-order valence-electron chi connectivity index (χ4n) is 3.75. The number of amides is 1. The Morgan fingerprint density at radius 2 is 2.14 bits per heavy atom. The van der Waals surface area contributed by atoms with Gasteiger partial charge in [0.2, 0.25) is 5.91 Å². The van der Waals surface area contributed by atoms with E-state index in [9.17, 15) is 4.79 Å². The van der Waals surface area contributed by atoms with Gasteiger partial charge in [-0.3, -0.25) is 14.7 Å². The van der Waals surface area contributed by atoms with Crippen LogP contribution in [0.5, 0.6) is 0 Å². The second kappa shape index (κ2) is 8.27. The fraction of sp³-hybridized carbons (Fsp3) is 0.273. The fourth-order valence-corrected chi connectivity index (χ4v) is 3.93. The van der Waals surface area contributed by atoms with E-state index in [0.29, 0.717) is 18.2 Å². The normalized spacial score (nSPS) is 16.7. The van der Waals surface area contributed by atoms with Gasteiger partial charge < -0.3 is 10.1 Å². The van der Waals surface area contributed by atoms with Gasteiger partial charge >= 0.3 is 0 Å². The number of carbonyl (C=O) groups excluding carboxylic acids is 1. The largest absolute Gasteiger partial charge is 0.383 e. The second-order valence-corrected chi connectivity index (χ2v) is 7.46. The van der Waals surface area contributed by atoms with Crippen LogP contribution >= 0.6 is 11.6 Å². The highest BCUT2D eigenvalue weighted by molar-refractivity contribution is 6.30. The number of ether oxygens (including phenoxy) is 1. The van der Waals surface area contributed by atoms with Crippen molar-refractivity contribution in [3.05, 3.63) is 71.0 Å². The lowest BCUT2D eigenvalue weighted by Gasteiger charge is -2.34. The molecule has 6 heteroatoms. The molecule has 0 bridgehead atoms. The molecule has 1 unspecified atom stereocenters. The summed E-state index contributed by atoms with van der Waals surface area (Å²) in [6.07, 6.45) is 3.50. The lowest BCUT2D eigenvalue weighted by molar-refractivity contribution is -0.118. The predicted molar refractivity (Wildman–Crippen MR) is 112 cm³/mol. The number of nitrogens with zero attached hydrogens (tertiary/aromatic N) is 2. The molecular formula is C22H22ClN3O2. The molecule has 0 spiro atoms. The van der Waals surface area contributed by atoms with Crippen molar-refractivity contribution in [1.29, 1.82) is 0 Å². The smallest absolute Gasteiger partial charge is 0.233 e. The summed E-state index contributed by atoms with van der Waals surface area (Å²) in [5.41, 5.74) is 2.84. The monoisotopic (exact) mass is 395 g/mol. The van der Waals surface area contributed by atoms with E-state index in [-0.39, 0.29) is 11.8 Å². The molecule has 28 heavy (non-hydrogen) atoms. The van der Waals surface area contributed by atoms with Crippen molar-refractivity contribution in [3.8, 4) is 0 Å². The first-order chi connectivity index (χ1) is 13.7. The maximum absolute atomic E-state index is 13.3. The Labute approximate surface area is 169 Å². The van der Waals surface area contributed by atoms with Crippen molar-refractivity contribution < 1.29 is 9.53 Å². The van der Waals surface area contributed by atoms with E-state index in [2.05, 4.69) is 15.2 Å². The number of carbonyl (C=O) groups is 1. The van der Waals surface area contributed by atoms with Crippen molar-refractivity contribution in [2.45, 2.75) is 12.5 Å². The van der Waals surface area contributed by atoms with Gasteiger partial charge in [-0.05, 0) is 23.3 Å². The first-order valence-electron chi connectivity index (χ1n) is 9.29. The Hall–Kier alpha value is -2.47. The van der Waals surface area contributed by atoms with E-state index in [1.54, 1.807) is 19.5 Å². The number of anilines is 1. The minimum atomic E-state index is -0.307. The lowest BCUT2D eigenvalue weighted by Crippen LogP contribution is -2.40. The molecule has 1 aromatic heterocycles. The molecule has 144 valence electrons. The molecule has 1 N–H and O–H groups in total. The Balaban J connectivity index is 1.64. The number of benzene rings is 2. The maximum Gasteiger partial charge on any atom is 0.233 e. The zero-order valence-electron chi connectivity index (χ0n) is 15.7. The molecule has 0 saturated carbocycles. The first kappa shape index (κ1) is 18.9. The molecule has 4 rings (SSSR count). The molecule has 0 fully saturated rings. The number of rotatable bonds is 5. The number of halogens is 1. The highest BCUT2D eigenvalue weighted by Crippen LogP contribution is 2.32. The van der Waals surface area contributed by atoms with Gasteiger partial charge in [-0.2, -0.15) is 0 Å². The molecule has 0 radical (unpaired) electrons. The molecular weight excluding hydrogens is 374 g/mol. The van der Waals surface area contributed by atoms with Crippen LogP contribution in [0.4, 0.5) is 5.69 Å². The average molecular weight is 396 g/mol. The Bertz CT molecular complexity index is 1000. The molecule has 1 atom stereocenters. The van der Waals surface area contributed by atoms with Gasteiger partial charge in [0.15, 0.2) is 0 Å². The van der Waals surface area contributed by atoms with Crippen LogP contribution in [-0.2, 0) is 16.1 Å². The van der Waals surface area contributed by atoms with Crippen LogP contribution < -0.4 is 5.32 Å². The van der Waals surface area contributed by atoms with Gasteiger partial charge in [0.1, 0.15) is 0 Å². The highest BCUT2D eigenvalue weighted by atomic mass is 35.5. The molecule has 3 aromatic rings. The average Bonchev–Trinajstić information content (AvgIpc) is 2.72. The van der Waals surface area contributed by atoms with Crippen LogP contribution in [0, 0.1) is 0 Å².